The van der Waals surface area contributed by atoms with E-state index in [0.717, 1.165) is 18.0 Å². The van der Waals surface area contributed by atoms with Gasteiger partial charge in [0.25, 0.3) is 0 Å². The zero-order chi connectivity index (χ0) is 15.8. The molecular formula is C14H12ClF3N2O. The maximum Gasteiger partial charge on any atom is 0.433 e. The highest BCUT2D eigenvalue weighted by Crippen LogP contribution is 2.28. The van der Waals surface area contributed by atoms with Crippen LogP contribution in [0.25, 0.3) is 5.69 Å². The minimum atomic E-state index is -4.47. The molecule has 0 aliphatic rings. The highest BCUT2D eigenvalue weighted by molar-refractivity contribution is 6.30. The normalized spacial score (nSPS) is 11.7. The smallest absolute Gasteiger partial charge is 0.316 e. The first kappa shape index (κ1) is 15.6. The minimum absolute atomic E-state index is 0.143. The van der Waals surface area contributed by atoms with Crippen molar-refractivity contribution in [1.29, 1.82) is 0 Å². The monoisotopic (exact) mass is 316 g/mol. The van der Waals surface area contributed by atoms with Crippen LogP contribution in [0.1, 0.15) is 27.4 Å². The zero-order valence-electron chi connectivity index (χ0n) is 11.3. The van der Waals surface area contributed by atoms with E-state index < -0.39 is 11.9 Å². The lowest BCUT2D eigenvalue weighted by Crippen LogP contribution is -2.09. The summed E-state index contributed by atoms with van der Waals surface area (Å²) in [6, 6.07) is 3.90. The largest absolute Gasteiger partial charge is 0.433 e. The first-order valence-electron chi connectivity index (χ1n) is 6.07. The van der Waals surface area contributed by atoms with Gasteiger partial charge >= 0.3 is 6.18 Å². The molecule has 0 spiro atoms. The van der Waals surface area contributed by atoms with Crippen LogP contribution in [0, 0.1) is 13.8 Å². The van der Waals surface area contributed by atoms with Gasteiger partial charge in [-0.3, -0.25) is 4.79 Å². The Hall–Kier alpha value is -1.82. The van der Waals surface area contributed by atoms with Gasteiger partial charge in [-0.1, -0.05) is 0 Å². The molecule has 0 amide bonds. The second-order valence-electron chi connectivity index (χ2n) is 4.58. The number of nitrogens with zero attached hydrogens (tertiary/aromatic N) is 2. The molecule has 21 heavy (non-hydrogen) atoms. The van der Waals surface area contributed by atoms with Crippen molar-refractivity contribution in [2.75, 3.05) is 5.88 Å². The Bertz CT molecular complexity index is 675. The summed E-state index contributed by atoms with van der Waals surface area (Å²) in [5, 5.41) is 0. The van der Waals surface area contributed by atoms with Gasteiger partial charge in [0.2, 0.25) is 0 Å². The number of carbonyl (C=O) groups excluding carboxylic acids is 1. The summed E-state index contributed by atoms with van der Waals surface area (Å²) in [6.07, 6.45) is -3.34. The molecule has 3 nitrogen and oxygen atoms in total. The molecule has 0 saturated carbocycles. The molecular weight excluding hydrogens is 305 g/mol. The fourth-order valence-corrected chi connectivity index (χ4v) is 2.34. The fourth-order valence-electron chi connectivity index (χ4n) is 2.20. The molecule has 0 fully saturated rings. The molecule has 2 aromatic heterocycles. The van der Waals surface area contributed by atoms with Crippen molar-refractivity contribution in [3.8, 4) is 5.69 Å². The standard InChI is InChI=1S/C14H12ClF3N2O/c1-8-5-11(12(21)6-15)9(2)20(8)10-3-4-13(19-7-10)14(16,17)18/h3-5,7H,6H2,1-2H3. The molecule has 0 aromatic carbocycles. The Kier molecular flexibility index (Phi) is 4.09. The molecule has 0 atom stereocenters. The molecule has 0 saturated heterocycles. The van der Waals surface area contributed by atoms with Gasteiger partial charge in [-0.15, -0.1) is 11.6 Å². The second kappa shape index (κ2) is 5.52. The average molecular weight is 317 g/mol. The summed E-state index contributed by atoms with van der Waals surface area (Å²) in [7, 11) is 0. The first-order chi connectivity index (χ1) is 9.75. The van der Waals surface area contributed by atoms with Crippen molar-refractivity contribution >= 4 is 17.4 Å². The SMILES string of the molecule is Cc1cc(C(=O)CCl)c(C)n1-c1ccc(C(F)(F)F)nc1. The van der Waals surface area contributed by atoms with Gasteiger partial charge in [0.05, 0.1) is 17.8 Å². The first-order valence-corrected chi connectivity index (χ1v) is 6.61. The van der Waals surface area contributed by atoms with E-state index in [2.05, 4.69) is 4.98 Å². The van der Waals surface area contributed by atoms with E-state index in [1.165, 1.54) is 6.07 Å². The molecule has 0 aliphatic heterocycles. The molecule has 0 unspecified atom stereocenters. The molecule has 0 aliphatic carbocycles. The summed E-state index contributed by atoms with van der Waals surface area (Å²) < 4.78 is 39.2. The van der Waals surface area contributed by atoms with E-state index in [4.69, 9.17) is 11.6 Å². The molecule has 0 bridgehead atoms. The minimum Gasteiger partial charge on any atom is -0.316 e. The van der Waals surface area contributed by atoms with Crippen molar-refractivity contribution in [2.45, 2.75) is 20.0 Å². The van der Waals surface area contributed by atoms with Crippen LogP contribution < -0.4 is 0 Å². The molecule has 2 heterocycles. The van der Waals surface area contributed by atoms with E-state index in [1.807, 2.05) is 0 Å². The van der Waals surface area contributed by atoms with E-state index in [0.29, 0.717) is 16.9 Å². The predicted octanol–water partition coefficient (Wildman–Crippen LogP) is 3.93. The highest BCUT2D eigenvalue weighted by atomic mass is 35.5. The second-order valence-corrected chi connectivity index (χ2v) is 4.84. The van der Waals surface area contributed by atoms with Crippen LogP contribution in [-0.4, -0.2) is 21.2 Å². The zero-order valence-corrected chi connectivity index (χ0v) is 12.1. The number of hydrogen-bond acceptors (Lipinski definition) is 2. The van der Waals surface area contributed by atoms with Gasteiger partial charge in [-0.25, -0.2) is 4.98 Å². The topological polar surface area (TPSA) is 34.9 Å². The van der Waals surface area contributed by atoms with E-state index >= 15 is 0 Å². The van der Waals surface area contributed by atoms with Gasteiger partial charge < -0.3 is 4.57 Å². The maximum absolute atomic E-state index is 12.5. The van der Waals surface area contributed by atoms with Crippen molar-refractivity contribution < 1.29 is 18.0 Å². The van der Waals surface area contributed by atoms with Crippen LogP contribution in [0.3, 0.4) is 0 Å². The third kappa shape index (κ3) is 2.95. The van der Waals surface area contributed by atoms with Crippen LogP contribution in [0.2, 0.25) is 0 Å². The van der Waals surface area contributed by atoms with Crippen molar-refractivity contribution in [1.82, 2.24) is 9.55 Å². The number of aryl methyl sites for hydroxylation is 1. The number of hydrogen-bond donors (Lipinski definition) is 0. The van der Waals surface area contributed by atoms with Crippen LogP contribution in [0.15, 0.2) is 24.4 Å². The van der Waals surface area contributed by atoms with Crippen molar-refractivity contribution in [3.05, 3.63) is 47.0 Å². The fraction of sp³-hybridized carbons (Fsp3) is 0.286. The molecule has 0 radical (unpaired) electrons. The van der Waals surface area contributed by atoms with E-state index in [-0.39, 0.29) is 11.7 Å². The van der Waals surface area contributed by atoms with Gasteiger partial charge in [0.1, 0.15) is 5.69 Å². The summed E-state index contributed by atoms with van der Waals surface area (Å²) >= 11 is 5.54. The maximum atomic E-state index is 12.5. The number of halogens is 4. The number of Topliss-reactive ketones (excluding diaryl/α,β-unsaturated/α-hetero) is 1. The summed E-state index contributed by atoms with van der Waals surface area (Å²) in [5.74, 6) is -0.369. The molecule has 112 valence electrons. The van der Waals surface area contributed by atoms with E-state index in [1.54, 1.807) is 24.5 Å². The number of alkyl halides is 4. The Morgan fingerprint density at radius 2 is 2.00 bits per heavy atom. The van der Waals surface area contributed by atoms with Gasteiger partial charge in [0, 0.05) is 17.0 Å². The van der Waals surface area contributed by atoms with Gasteiger partial charge in [0.15, 0.2) is 5.78 Å². The summed E-state index contributed by atoms with van der Waals surface area (Å²) in [6.45, 7) is 3.47. The van der Waals surface area contributed by atoms with Gasteiger partial charge in [-0.05, 0) is 32.0 Å². The average Bonchev–Trinajstić information content (AvgIpc) is 2.72. The Labute approximate surface area is 124 Å². The quantitative estimate of drug-likeness (QED) is 0.635. The Balaban J connectivity index is 2.48. The van der Waals surface area contributed by atoms with Gasteiger partial charge in [-0.2, -0.15) is 13.2 Å². The molecule has 0 N–H and O–H groups in total. The highest BCUT2D eigenvalue weighted by Gasteiger charge is 2.32. The van der Waals surface area contributed by atoms with E-state index in [9.17, 15) is 18.0 Å². The van der Waals surface area contributed by atoms with Crippen LogP contribution in [0.4, 0.5) is 13.2 Å². The third-order valence-corrected chi connectivity index (χ3v) is 3.39. The van der Waals surface area contributed by atoms with Crippen molar-refractivity contribution in [2.24, 2.45) is 0 Å². The summed E-state index contributed by atoms with van der Waals surface area (Å²) in [5.41, 5.74) is 1.32. The van der Waals surface area contributed by atoms with Crippen LogP contribution in [0.5, 0.6) is 0 Å². The number of carbonyl (C=O) groups is 1. The lowest BCUT2D eigenvalue weighted by Gasteiger charge is -2.11. The van der Waals surface area contributed by atoms with Crippen LogP contribution in [-0.2, 0) is 6.18 Å². The molecule has 2 aromatic rings. The number of rotatable bonds is 3. The number of pyridine rings is 1. The lowest BCUT2D eigenvalue weighted by atomic mass is 10.2. The van der Waals surface area contributed by atoms with Crippen LogP contribution >= 0.6 is 11.6 Å². The Morgan fingerprint density at radius 1 is 1.33 bits per heavy atom. The third-order valence-electron chi connectivity index (χ3n) is 3.15. The number of ketones is 1. The summed E-state index contributed by atoms with van der Waals surface area (Å²) in [4.78, 5) is 15.1. The molecule has 2 rings (SSSR count). The molecule has 7 heteroatoms. The lowest BCUT2D eigenvalue weighted by molar-refractivity contribution is -0.141. The Morgan fingerprint density at radius 3 is 2.48 bits per heavy atom. The van der Waals surface area contributed by atoms with Crippen molar-refractivity contribution in [3.63, 3.8) is 0 Å². The number of aromatic nitrogens is 2. The predicted molar refractivity (Wildman–Crippen MR) is 73.1 cm³/mol.